The van der Waals surface area contributed by atoms with Gasteiger partial charge in [0.25, 0.3) is 0 Å². The summed E-state index contributed by atoms with van der Waals surface area (Å²) in [6, 6.07) is 10.1. The van der Waals surface area contributed by atoms with Crippen LogP contribution in [0.1, 0.15) is 27.2 Å². The smallest absolute Gasteiger partial charge is 0.326 e. The van der Waals surface area contributed by atoms with Crippen molar-refractivity contribution in [2.45, 2.75) is 27.2 Å². The first kappa shape index (κ1) is 20.5. The summed E-state index contributed by atoms with van der Waals surface area (Å²) < 4.78 is 0. The monoisotopic (exact) mass is 332 g/mol. The number of rotatable bonds is 9. The number of hydrogen-bond donors (Lipinski definition) is 1. The SMILES string of the molecule is C=C([B]O)C=CC(=C)C(=C)N(C(C=CC)=C(C)CC)c1ccccc1. The van der Waals surface area contributed by atoms with Crippen LogP contribution in [0.5, 0.6) is 0 Å². The Morgan fingerprint density at radius 1 is 1.12 bits per heavy atom. The highest BCUT2D eigenvalue weighted by Gasteiger charge is 2.16. The summed E-state index contributed by atoms with van der Waals surface area (Å²) in [5.41, 5.74) is 5.40. The molecule has 0 heterocycles. The summed E-state index contributed by atoms with van der Waals surface area (Å²) in [5.74, 6) is 0. The maximum Gasteiger partial charge on any atom is 0.326 e. The lowest BCUT2D eigenvalue weighted by Crippen LogP contribution is -2.22. The molecule has 0 saturated carbocycles. The molecule has 0 unspecified atom stereocenters. The molecule has 3 heteroatoms. The van der Waals surface area contributed by atoms with Crippen molar-refractivity contribution in [3.63, 3.8) is 0 Å². The van der Waals surface area contributed by atoms with Crippen LogP contribution in [0.15, 0.2) is 102 Å². The molecule has 0 aromatic heterocycles. The standard InChI is InChI=1S/C22H27BNO/c1-7-12-22(17(3)8-2)24(21-13-10-9-11-14-21)20(6)18(4)15-16-19(5)23-25/h7,9-16,25H,4-6,8H2,1-3H3. The van der Waals surface area contributed by atoms with E-state index in [1.54, 1.807) is 6.08 Å². The van der Waals surface area contributed by atoms with Gasteiger partial charge in [0.05, 0.1) is 0 Å². The zero-order valence-corrected chi connectivity index (χ0v) is 15.5. The summed E-state index contributed by atoms with van der Waals surface area (Å²) in [4.78, 5) is 2.11. The number of hydrogen-bond acceptors (Lipinski definition) is 2. The fourth-order valence-electron chi connectivity index (χ4n) is 2.25. The van der Waals surface area contributed by atoms with Gasteiger partial charge in [-0.05, 0) is 49.6 Å². The van der Waals surface area contributed by atoms with E-state index in [-0.39, 0.29) is 0 Å². The van der Waals surface area contributed by atoms with Crippen molar-refractivity contribution in [3.05, 3.63) is 102 Å². The maximum atomic E-state index is 8.98. The Kier molecular flexibility index (Phi) is 8.52. The zero-order chi connectivity index (χ0) is 18.8. The van der Waals surface area contributed by atoms with Crippen molar-refractivity contribution in [3.8, 4) is 0 Å². The molecule has 0 saturated heterocycles. The third-order valence-electron chi connectivity index (χ3n) is 3.85. The molecule has 0 atom stereocenters. The summed E-state index contributed by atoms with van der Waals surface area (Å²) >= 11 is 0. The second-order valence-electron chi connectivity index (χ2n) is 5.70. The molecule has 1 aromatic rings. The van der Waals surface area contributed by atoms with E-state index in [2.05, 4.69) is 56.7 Å². The average Bonchev–Trinajstić information content (AvgIpc) is 2.65. The van der Waals surface area contributed by atoms with Crippen LogP contribution in [-0.4, -0.2) is 12.5 Å². The van der Waals surface area contributed by atoms with Gasteiger partial charge in [0.1, 0.15) is 0 Å². The van der Waals surface area contributed by atoms with Crippen LogP contribution in [0.2, 0.25) is 0 Å². The Labute approximate surface area is 153 Å². The molecule has 129 valence electrons. The van der Waals surface area contributed by atoms with Gasteiger partial charge in [-0.3, -0.25) is 0 Å². The lowest BCUT2D eigenvalue weighted by molar-refractivity contribution is 0.612. The number of nitrogens with zero attached hydrogens (tertiary/aromatic N) is 1. The highest BCUT2D eigenvalue weighted by molar-refractivity contribution is 6.37. The van der Waals surface area contributed by atoms with Gasteiger partial charge in [-0.25, -0.2) is 0 Å². The van der Waals surface area contributed by atoms with Crippen molar-refractivity contribution in [2.75, 3.05) is 4.90 Å². The van der Waals surface area contributed by atoms with E-state index < -0.39 is 0 Å². The van der Waals surface area contributed by atoms with Crippen molar-refractivity contribution in [1.29, 1.82) is 0 Å². The first-order chi connectivity index (χ1) is 12.0. The minimum atomic E-state index is 0.508. The van der Waals surface area contributed by atoms with E-state index in [9.17, 15) is 0 Å². The van der Waals surface area contributed by atoms with Crippen molar-refractivity contribution >= 4 is 13.2 Å². The lowest BCUT2D eigenvalue weighted by atomic mass is 9.89. The second-order valence-corrected chi connectivity index (χ2v) is 5.70. The molecule has 1 rings (SSSR count). The summed E-state index contributed by atoms with van der Waals surface area (Å²) in [5, 5.41) is 8.98. The topological polar surface area (TPSA) is 23.5 Å². The van der Waals surface area contributed by atoms with Crippen LogP contribution in [-0.2, 0) is 0 Å². The molecule has 1 radical (unpaired) electrons. The van der Waals surface area contributed by atoms with Gasteiger partial charge >= 0.3 is 7.48 Å². The molecule has 1 aromatic carbocycles. The molecule has 0 amide bonds. The molecule has 25 heavy (non-hydrogen) atoms. The molecular formula is C22H27BNO. The minimum Gasteiger partial charge on any atom is -0.450 e. The normalized spacial score (nSPS) is 12.2. The van der Waals surface area contributed by atoms with Gasteiger partial charge in [-0.2, -0.15) is 0 Å². The maximum absolute atomic E-state index is 8.98. The van der Waals surface area contributed by atoms with Crippen LogP contribution in [0, 0.1) is 0 Å². The van der Waals surface area contributed by atoms with Crippen molar-refractivity contribution < 1.29 is 5.02 Å². The predicted molar refractivity (Wildman–Crippen MR) is 111 cm³/mol. The van der Waals surface area contributed by atoms with Crippen molar-refractivity contribution in [2.24, 2.45) is 0 Å². The van der Waals surface area contributed by atoms with Gasteiger partial charge < -0.3 is 9.92 Å². The van der Waals surface area contributed by atoms with Crippen LogP contribution < -0.4 is 4.90 Å². The second kappa shape index (κ2) is 10.4. The van der Waals surface area contributed by atoms with Crippen LogP contribution in [0.25, 0.3) is 0 Å². The highest BCUT2D eigenvalue weighted by atomic mass is 16.2. The molecule has 1 N–H and O–H groups in total. The average molecular weight is 332 g/mol. The van der Waals surface area contributed by atoms with Crippen LogP contribution in [0.3, 0.4) is 0 Å². The fourth-order valence-corrected chi connectivity index (χ4v) is 2.25. The quantitative estimate of drug-likeness (QED) is 0.476. The number of para-hydroxylation sites is 1. The Balaban J connectivity index is 3.37. The Bertz CT molecular complexity index is 711. The van der Waals surface area contributed by atoms with Gasteiger partial charge in [-0.15, -0.1) is 6.58 Å². The van der Waals surface area contributed by atoms with Gasteiger partial charge in [0, 0.05) is 17.1 Å². The van der Waals surface area contributed by atoms with Gasteiger partial charge in [-0.1, -0.05) is 62.0 Å². The molecule has 2 nitrogen and oxygen atoms in total. The van der Waals surface area contributed by atoms with E-state index in [0.29, 0.717) is 5.47 Å². The fraction of sp³-hybridized carbons (Fsp3) is 0.182. The third kappa shape index (κ3) is 5.81. The Hall–Kier alpha value is -2.52. The Morgan fingerprint density at radius 3 is 2.28 bits per heavy atom. The molecular weight excluding hydrogens is 305 g/mol. The largest absolute Gasteiger partial charge is 0.450 e. The molecule has 0 spiro atoms. The van der Waals surface area contributed by atoms with E-state index in [1.165, 1.54) is 5.57 Å². The molecule has 0 aliphatic carbocycles. The van der Waals surface area contributed by atoms with Crippen LogP contribution in [0.4, 0.5) is 5.69 Å². The van der Waals surface area contributed by atoms with E-state index in [1.807, 2.05) is 37.3 Å². The summed E-state index contributed by atoms with van der Waals surface area (Å²) in [7, 11) is 0.966. The molecule has 0 aliphatic heterocycles. The van der Waals surface area contributed by atoms with E-state index in [0.717, 1.165) is 36.6 Å². The zero-order valence-electron chi connectivity index (χ0n) is 15.5. The number of allylic oxidation sites excluding steroid dienone is 6. The number of benzene rings is 1. The summed E-state index contributed by atoms with van der Waals surface area (Å²) in [6.45, 7) is 18.4. The van der Waals surface area contributed by atoms with Crippen molar-refractivity contribution in [1.82, 2.24) is 0 Å². The number of anilines is 1. The first-order valence-corrected chi connectivity index (χ1v) is 8.36. The molecule has 0 aliphatic rings. The lowest BCUT2D eigenvalue weighted by Gasteiger charge is -2.30. The first-order valence-electron chi connectivity index (χ1n) is 8.36. The molecule has 0 fully saturated rings. The van der Waals surface area contributed by atoms with Gasteiger partial charge in [0.2, 0.25) is 0 Å². The summed E-state index contributed by atoms with van der Waals surface area (Å²) in [6.07, 6.45) is 8.58. The van der Waals surface area contributed by atoms with Gasteiger partial charge in [0.15, 0.2) is 0 Å². The predicted octanol–water partition coefficient (Wildman–Crippen LogP) is 5.50. The minimum absolute atomic E-state index is 0.508. The Morgan fingerprint density at radius 2 is 1.76 bits per heavy atom. The molecule has 0 bridgehead atoms. The van der Waals surface area contributed by atoms with E-state index >= 15 is 0 Å². The highest BCUT2D eigenvalue weighted by Crippen LogP contribution is 2.30. The van der Waals surface area contributed by atoms with Crippen LogP contribution >= 0.6 is 0 Å². The van der Waals surface area contributed by atoms with E-state index in [4.69, 9.17) is 5.02 Å². The third-order valence-corrected chi connectivity index (χ3v) is 3.85.